The van der Waals surface area contributed by atoms with Crippen LogP contribution in [0.3, 0.4) is 0 Å². The lowest BCUT2D eigenvalue weighted by Crippen LogP contribution is -2.50. The number of amides is 2. The Labute approximate surface area is 185 Å². The van der Waals surface area contributed by atoms with Crippen molar-refractivity contribution in [1.29, 1.82) is 0 Å². The Kier molecular flexibility index (Phi) is 6.34. The van der Waals surface area contributed by atoms with E-state index in [1.807, 2.05) is 30.3 Å². The van der Waals surface area contributed by atoms with Crippen LogP contribution >= 0.6 is 0 Å². The van der Waals surface area contributed by atoms with Crippen molar-refractivity contribution < 1.29 is 18.7 Å². The molecular formula is C23H24FN5O3. The van der Waals surface area contributed by atoms with Crippen LogP contribution in [0.4, 0.5) is 20.7 Å². The van der Waals surface area contributed by atoms with E-state index in [0.29, 0.717) is 43.4 Å². The molecule has 1 saturated heterocycles. The largest absolute Gasteiger partial charge is 0.493 e. The molecule has 0 atom stereocenters. The molecule has 0 spiro atoms. The highest BCUT2D eigenvalue weighted by atomic mass is 19.1. The maximum absolute atomic E-state index is 13.3. The minimum atomic E-state index is -0.386. The predicted molar refractivity (Wildman–Crippen MR) is 120 cm³/mol. The number of rotatable bonds is 5. The van der Waals surface area contributed by atoms with Crippen molar-refractivity contribution in [2.75, 3.05) is 50.6 Å². The Hall–Kier alpha value is -3.88. The smallest absolute Gasteiger partial charge is 0.321 e. The molecule has 2 amide bonds. The number of aromatic nitrogens is 2. The number of anilines is 2. The number of nitrogens with one attached hydrogen (secondary N) is 1. The maximum Gasteiger partial charge on any atom is 0.321 e. The van der Waals surface area contributed by atoms with Crippen LogP contribution in [0.25, 0.3) is 11.3 Å². The summed E-state index contributed by atoms with van der Waals surface area (Å²) in [7, 11) is 3.19. The minimum absolute atomic E-state index is 0.245. The summed E-state index contributed by atoms with van der Waals surface area (Å²) in [6.45, 7) is 2.31. The zero-order chi connectivity index (χ0) is 22.5. The number of halogens is 1. The number of hydrogen-bond donors (Lipinski definition) is 1. The van der Waals surface area contributed by atoms with Gasteiger partial charge in [0.05, 0.1) is 19.9 Å². The second-order valence-electron chi connectivity index (χ2n) is 7.26. The molecule has 0 radical (unpaired) electrons. The molecule has 32 heavy (non-hydrogen) atoms. The summed E-state index contributed by atoms with van der Waals surface area (Å²) in [4.78, 5) is 16.2. The molecule has 0 bridgehead atoms. The van der Waals surface area contributed by atoms with Crippen LogP contribution in [0.15, 0.2) is 54.6 Å². The van der Waals surface area contributed by atoms with Crippen LogP contribution in [0.1, 0.15) is 0 Å². The van der Waals surface area contributed by atoms with E-state index in [2.05, 4.69) is 20.4 Å². The molecule has 2 heterocycles. The van der Waals surface area contributed by atoms with Gasteiger partial charge in [-0.25, -0.2) is 9.18 Å². The highest BCUT2D eigenvalue weighted by molar-refractivity contribution is 5.89. The average molecular weight is 437 g/mol. The second kappa shape index (κ2) is 9.51. The lowest BCUT2D eigenvalue weighted by atomic mass is 10.1. The molecule has 1 N–H and O–H groups in total. The molecule has 4 rings (SSSR count). The summed E-state index contributed by atoms with van der Waals surface area (Å²) in [6.07, 6.45) is 0. The van der Waals surface area contributed by atoms with Crippen molar-refractivity contribution in [3.8, 4) is 22.8 Å². The van der Waals surface area contributed by atoms with Gasteiger partial charge in [-0.1, -0.05) is 6.07 Å². The van der Waals surface area contributed by atoms with E-state index in [-0.39, 0.29) is 11.8 Å². The highest BCUT2D eigenvalue weighted by Crippen LogP contribution is 2.31. The fourth-order valence-electron chi connectivity index (χ4n) is 3.55. The number of ether oxygens (including phenoxy) is 2. The van der Waals surface area contributed by atoms with Gasteiger partial charge in [-0.15, -0.1) is 10.2 Å². The third kappa shape index (κ3) is 4.72. The number of benzene rings is 2. The van der Waals surface area contributed by atoms with Crippen molar-refractivity contribution >= 4 is 17.5 Å². The van der Waals surface area contributed by atoms with Crippen LogP contribution in [0, 0.1) is 5.82 Å². The minimum Gasteiger partial charge on any atom is -0.493 e. The lowest BCUT2D eigenvalue weighted by molar-refractivity contribution is 0.208. The van der Waals surface area contributed by atoms with Gasteiger partial charge < -0.3 is 24.6 Å². The van der Waals surface area contributed by atoms with Gasteiger partial charge in [0, 0.05) is 37.4 Å². The van der Waals surface area contributed by atoms with Crippen LogP contribution in [-0.2, 0) is 0 Å². The van der Waals surface area contributed by atoms with E-state index >= 15 is 0 Å². The summed E-state index contributed by atoms with van der Waals surface area (Å²) in [5, 5.41) is 11.5. The van der Waals surface area contributed by atoms with E-state index < -0.39 is 0 Å². The predicted octanol–water partition coefficient (Wildman–Crippen LogP) is 3.65. The Bertz CT molecular complexity index is 1090. The van der Waals surface area contributed by atoms with Crippen LogP contribution < -0.4 is 19.7 Å². The van der Waals surface area contributed by atoms with Gasteiger partial charge >= 0.3 is 6.03 Å². The Morgan fingerprint density at radius 3 is 2.38 bits per heavy atom. The monoisotopic (exact) mass is 437 g/mol. The number of urea groups is 1. The number of carbonyl (C=O) groups is 1. The Balaban J connectivity index is 1.36. The number of carbonyl (C=O) groups excluding carboxylic acids is 1. The standard InChI is InChI=1S/C23H24FN5O3/c1-31-20-8-6-16(14-21(20)32-2)19-7-9-22(27-26-19)28-10-12-29(13-11-28)23(30)25-18-5-3-4-17(24)15-18/h3-9,14-15H,10-13H2,1-2H3,(H,25,30). The number of methoxy groups -OCH3 is 2. The maximum atomic E-state index is 13.3. The van der Waals surface area contributed by atoms with Gasteiger partial charge in [-0.2, -0.15) is 0 Å². The summed E-state index contributed by atoms with van der Waals surface area (Å²) < 4.78 is 23.9. The van der Waals surface area contributed by atoms with Crippen LogP contribution in [0.2, 0.25) is 0 Å². The van der Waals surface area contributed by atoms with E-state index in [4.69, 9.17) is 9.47 Å². The topological polar surface area (TPSA) is 79.8 Å². The SMILES string of the molecule is COc1ccc(-c2ccc(N3CCN(C(=O)Nc4cccc(F)c4)CC3)nn2)cc1OC. The summed E-state index contributed by atoms with van der Waals surface area (Å²) in [5.74, 6) is 1.64. The molecule has 166 valence electrons. The van der Waals surface area contributed by atoms with E-state index in [9.17, 15) is 9.18 Å². The normalized spacial score (nSPS) is 13.6. The van der Waals surface area contributed by atoms with Gasteiger partial charge in [0.25, 0.3) is 0 Å². The first kappa shape index (κ1) is 21.4. The van der Waals surface area contributed by atoms with Crippen molar-refractivity contribution in [2.24, 2.45) is 0 Å². The molecule has 8 nitrogen and oxygen atoms in total. The molecule has 1 aromatic heterocycles. The van der Waals surface area contributed by atoms with Gasteiger partial charge in [0.15, 0.2) is 17.3 Å². The van der Waals surface area contributed by atoms with Crippen molar-refractivity contribution in [1.82, 2.24) is 15.1 Å². The Morgan fingerprint density at radius 1 is 0.938 bits per heavy atom. The van der Waals surface area contributed by atoms with Crippen molar-refractivity contribution in [3.05, 3.63) is 60.4 Å². The van der Waals surface area contributed by atoms with Crippen LogP contribution in [0.5, 0.6) is 11.5 Å². The van der Waals surface area contributed by atoms with Gasteiger partial charge in [0.2, 0.25) is 0 Å². The average Bonchev–Trinajstić information content (AvgIpc) is 2.84. The summed E-state index contributed by atoms with van der Waals surface area (Å²) in [6, 6.07) is 15.0. The molecule has 2 aromatic carbocycles. The first-order valence-corrected chi connectivity index (χ1v) is 10.2. The fraction of sp³-hybridized carbons (Fsp3) is 0.261. The second-order valence-corrected chi connectivity index (χ2v) is 7.26. The molecule has 0 unspecified atom stereocenters. The van der Waals surface area contributed by atoms with Gasteiger partial charge in [0.1, 0.15) is 5.82 Å². The summed E-state index contributed by atoms with van der Waals surface area (Å²) in [5.41, 5.74) is 2.04. The number of nitrogens with zero attached hydrogens (tertiary/aromatic N) is 4. The quantitative estimate of drug-likeness (QED) is 0.656. The molecule has 1 aliphatic heterocycles. The number of hydrogen-bond acceptors (Lipinski definition) is 6. The first-order chi connectivity index (χ1) is 15.6. The van der Waals surface area contributed by atoms with Gasteiger partial charge in [-0.05, 0) is 48.5 Å². The summed E-state index contributed by atoms with van der Waals surface area (Å²) >= 11 is 0. The lowest BCUT2D eigenvalue weighted by Gasteiger charge is -2.35. The third-order valence-corrected chi connectivity index (χ3v) is 5.30. The molecular weight excluding hydrogens is 413 g/mol. The molecule has 1 fully saturated rings. The molecule has 0 saturated carbocycles. The molecule has 1 aliphatic rings. The molecule has 9 heteroatoms. The van der Waals surface area contributed by atoms with E-state index in [0.717, 1.165) is 17.1 Å². The zero-order valence-electron chi connectivity index (χ0n) is 17.9. The highest BCUT2D eigenvalue weighted by Gasteiger charge is 2.22. The molecule has 0 aliphatic carbocycles. The first-order valence-electron chi connectivity index (χ1n) is 10.2. The fourth-order valence-corrected chi connectivity index (χ4v) is 3.55. The Morgan fingerprint density at radius 2 is 1.72 bits per heavy atom. The molecule has 3 aromatic rings. The van der Waals surface area contributed by atoms with Gasteiger partial charge in [-0.3, -0.25) is 0 Å². The van der Waals surface area contributed by atoms with Crippen molar-refractivity contribution in [2.45, 2.75) is 0 Å². The van der Waals surface area contributed by atoms with Crippen molar-refractivity contribution in [3.63, 3.8) is 0 Å². The van der Waals surface area contributed by atoms with E-state index in [1.54, 1.807) is 31.3 Å². The zero-order valence-corrected chi connectivity index (χ0v) is 17.9. The van der Waals surface area contributed by atoms with Crippen LogP contribution in [-0.4, -0.2) is 61.5 Å². The third-order valence-electron chi connectivity index (χ3n) is 5.30. The van der Waals surface area contributed by atoms with E-state index in [1.165, 1.54) is 12.1 Å². The number of piperazine rings is 1.